The van der Waals surface area contributed by atoms with Gasteiger partial charge in [0.2, 0.25) is 0 Å². The molecule has 1 aliphatic rings. The van der Waals surface area contributed by atoms with E-state index in [1.807, 2.05) is 61.5 Å². The molecule has 3 N–H and O–H groups in total. The van der Waals surface area contributed by atoms with Crippen LogP contribution in [0.3, 0.4) is 0 Å². The molecule has 0 spiro atoms. The van der Waals surface area contributed by atoms with Crippen molar-refractivity contribution in [2.75, 3.05) is 10.6 Å². The molecule has 0 aromatic heterocycles. The van der Waals surface area contributed by atoms with E-state index in [4.69, 9.17) is 11.6 Å². The minimum absolute atomic E-state index is 0.0961. The topological polar surface area (TPSA) is 70.2 Å². The lowest BCUT2D eigenvalue weighted by Crippen LogP contribution is -2.28. The highest BCUT2D eigenvalue weighted by Gasteiger charge is 2.24. The highest BCUT2D eigenvalue weighted by molar-refractivity contribution is 6.31. The van der Waals surface area contributed by atoms with Crippen molar-refractivity contribution in [2.45, 2.75) is 31.8 Å². The monoisotopic (exact) mass is 433 g/mol. The number of carbonyl (C=O) groups excluding carboxylic acids is 2. The molecule has 5 nitrogen and oxygen atoms in total. The number of aryl methyl sites for hydroxylation is 1. The van der Waals surface area contributed by atoms with Crippen molar-refractivity contribution in [1.82, 2.24) is 5.32 Å². The fourth-order valence-electron chi connectivity index (χ4n) is 3.24. The molecule has 0 heterocycles. The van der Waals surface area contributed by atoms with Crippen molar-refractivity contribution in [3.05, 3.63) is 94.5 Å². The zero-order valence-electron chi connectivity index (χ0n) is 17.2. The first-order chi connectivity index (χ1) is 15.0. The molecule has 31 heavy (non-hydrogen) atoms. The molecule has 158 valence electrons. The van der Waals surface area contributed by atoms with E-state index in [-0.39, 0.29) is 17.9 Å². The molecule has 3 aromatic carbocycles. The highest BCUT2D eigenvalue weighted by Crippen LogP contribution is 2.25. The number of hydrogen-bond donors (Lipinski definition) is 3. The molecule has 0 bridgehead atoms. The number of rotatable bonds is 7. The van der Waals surface area contributed by atoms with Crippen molar-refractivity contribution >= 4 is 34.8 Å². The SMILES string of the molecule is Cc1ccc(NC(=O)[C@H](Nc2cccc(C(=O)NC3CC3)c2)c2ccccc2)cc1Cl. The van der Waals surface area contributed by atoms with E-state index >= 15 is 0 Å². The Kier molecular flexibility index (Phi) is 6.23. The number of benzene rings is 3. The summed E-state index contributed by atoms with van der Waals surface area (Å²) < 4.78 is 0. The lowest BCUT2D eigenvalue weighted by Gasteiger charge is -2.20. The van der Waals surface area contributed by atoms with Gasteiger partial charge in [0.05, 0.1) is 0 Å². The van der Waals surface area contributed by atoms with Crippen molar-refractivity contribution in [3.63, 3.8) is 0 Å². The predicted octanol–water partition coefficient (Wildman–Crippen LogP) is 5.33. The molecule has 6 heteroatoms. The van der Waals surface area contributed by atoms with Crippen LogP contribution in [0.1, 0.15) is 40.4 Å². The van der Waals surface area contributed by atoms with Gasteiger partial charge in [0.25, 0.3) is 11.8 Å². The highest BCUT2D eigenvalue weighted by atomic mass is 35.5. The number of carbonyl (C=O) groups is 2. The maximum Gasteiger partial charge on any atom is 0.251 e. The summed E-state index contributed by atoms with van der Waals surface area (Å²) in [6.07, 6.45) is 2.06. The predicted molar refractivity (Wildman–Crippen MR) is 125 cm³/mol. The summed E-state index contributed by atoms with van der Waals surface area (Å²) in [5, 5.41) is 9.80. The molecule has 0 saturated heterocycles. The van der Waals surface area contributed by atoms with Crippen LogP contribution in [0.15, 0.2) is 72.8 Å². The normalized spacial score (nSPS) is 13.9. The molecule has 1 saturated carbocycles. The molecule has 1 fully saturated rings. The van der Waals surface area contributed by atoms with Crippen molar-refractivity contribution in [1.29, 1.82) is 0 Å². The lowest BCUT2D eigenvalue weighted by molar-refractivity contribution is -0.117. The molecule has 3 aromatic rings. The Morgan fingerprint density at radius 2 is 1.71 bits per heavy atom. The number of nitrogens with one attached hydrogen (secondary N) is 3. The third-order valence-corrected chi connectivity index (χ3v) is 5.59. The first-order valence-corrected chi connectivity index (χ1v) is 10.7. The van der Waals surface area contributed by atoms with E-state index in [1.54, 1.807) is 18.2 Å². The zero-order valence-corrected chi connectivity index (χ0v) is 17.9. The third-order valence-electron chi connectivity index (χ3n) is 5.18. The van der Waals surface area contributed by atoms with Gasteiger partial charge in [-0.25, -0.2) is 0 Å². The first kappa shape index (κ1) is 20.9. The molecule has 0 unspecified atom stereocenters. The van der Waals surface area contributed by atoms with E-state index < -0.39 is 6.04 Å². The second-order valence-corrected chi connectivity index (χ2v) is 8.18. The van der Waals surface area contributed by atoms with Crippen LogP contribution in [0, 0.1) is 6.92 Å². The summed E-state index contributed by atoms with van der Waals surface area (Å²) in [4.78, 5) is 25.6. The van der Waals surface area contributed by atoms with E-state index in [9.17, 15) is 9.59 Å². The first-order valence-electron chi connectivity index (χ1n) is 10.3. The largest absolute Gasteiger partial charge is 0.370 e. The summed E-state index contributed by atoms with van der Waals surface area (Å²) in [7, 11) is 0. The van der Waals surface area contributed by atoms with Crippen LogP contribution in [0.4, 0.5) is 11.4 Å². The summed E-state index contributed by atoms with van der Waals surface area (Å²) in [5.41, 5.74) is 3.63. The fourth-order valence-corrected chi connectivity index (χ4v) is 3.42. The molecular weight excluding hydrogens is 410 g/mol. The maximum atomic E-state index is 13.2. The Balaban J connectivity index is 1.56. The van der Waals surface area contributed by atoms with Gasteiger partial charge in [-0.3, -0.25) is 9.59 Å². The minimum atomic E-state index is -0.650. The third kappa shape index (κ3) is 5.44. The van der Waals surface area contributed by atoms with Gasteiger partial charge < -0.3 is 16.0 Å². The summed E-state index contributed by atoms with van der Waals surface area (Å²) in [6.45, 7) is 1.91. The Morgan fingerprint density at radius 1 is 0.935 bits per heavy atom. The Labute approximate surface area is 186 Å². The molecular formula is C25H24ClN3O2. The average Bonchev–Trinajstić information content (AvgIpc) is 3.59. The molecule has 0 aliphatic heterocycles. The average molecular weight is 434 g/mol. The van der Waals surface area contributed by atoms with Crippen LogP contribution >= 0.6 is 11.6 Å². The summed E-state index contributed by atoms with van der Waals surface area (Å²) >= 11 is 6.21. The number of anilines is 2. The van der Waals surface area contributed by atoms with E-state index in [0.717, 1.165) is 24.0 Å². The summed E-state index contributed by atoms with van der Waals surface area (Å²) in [6, 6.07) is 21.7. The van der Waals surface area contributed by atoms with Gasteiger partial charge in [-0.05, 0) is 61.2 Å². The van der Waals surface area contributed by atoms with Crippen LogP contribution in [-0.2, 0) is 4.79 Å². The fraction of sp³-hybridized carbons (Fsp3) is 0.200. The molecule has 4 rings (SSSR count). The van der Waals surface area contributed by atoms with Gasteiger partial charge in [0.1, 0.15) is 6.04 Å². The number of hydrogen-bond acceptors (Lipinski definition) is 3. The number of halogens is 1. The van der Waals surface area contributed by atoms with Gasteiger partial charge in [0.15, 0.2) is 0 Å². The lowest BCUT2D eigenvalue weighted by atomic mass is 10.0. The van der Waals surface area contributed by atoms with E-state index in [2.05, 4.69) is 16.0 Å². The molecule has 1 atom stereocenters. The van der Waals surface area contributed by atoms with Crippen LogP contribution < -0.4 is 16.0 Å². The van der Waals surface area contributed by atoms with Crippen LogP contribution in [0.5, 0.6) is 0 Å². The second kappa shape index (κ2) is 9.23. The zero-order chi connectivity index (χ0) is 21.8. The standard InChI is InChI=1S/C25H24ClN3O2/c1-16-10-11-21(15-22(16)26)29-25(31)23(17-6-3-2-4-7-17)27-20-9-5-8-18(14-20)24(30)28-19-12-13-19/h2-11,14-15,19,23,27H,12-13H2,1H3,(H,28,30)(H,29,31)/t23-/m1/s1. The van der Waals surface area contributed by atoms with Crippen LogP contribution in [0.2, 0.25) is 5.02 Å². The van der Waals surface area contributed by atoms with E-state index in [0.29, 0.717) is 22.0 Å². The molecule has 0 radical (unpaired) electrons. The Hall–Kier alpha value is -3.31. The van der Waals surface area contributed by atoms with Gasteiger partial charge in [-0.15, -0.1) is 0 Å². The van der Waals surface area contributed by atoms with Crippen LogP contribution in [0.25, 0.3) is 0 Å². The van der Waals surface area contributed by atoms with Gasteiger partial charge in [-0.2, -0.15) is 0 Å². The Bertz CT molecular complexity index is 1100. The van der Waals surface area contributed by atoms with Gasteiger partial charge in [0, 0.05) is 28.0 Å². The van der Waals surface area contributed by atoms with Crippen molar-refractivity contribution < 1.29 is 9.59 Å². The van der Waals surface area contributed by atoms with Gasteiger partial charge in [-0.1, -0.05) is 54.1 Å². The van der Waals surface area contributed by atoms with Crippen molar-refractivity contribution in [2.24, 2.45) is 0 Å². The number of amides is 2. The Morgan fingerprint density at radius 3 is 2.42 bits per heavy atom. The quantitative estimate of drug-likeness (QED) is 0.471. The second-order valence-electron chi connectivity index (χ2n) is 7.77. The van der Waals surface area contributed by atoms with Crippen molar-refractivity contribution in [3.8, 4) is 0 Å². The smallest absolute Gasteiger partial charge is 0.251 e. The minimum Gasteiger partial charge on any atom is -0.370 e. The van der Waals surface area contributed by atoms with E-state index in [1.165, 1.54) is 0 Å². The summed E-state index contributed by atoms with van der Waals surface area (Å²) in [5.74, 6) is -0.319. The van der Waals surface area contributed by atoms with Crippen LogP contribution in [-0.4, -0.2) is 17.9 Å². The molecule has 1 aliphatic carbocycles. The molecule has 2 amide bonds. The van der Waals surface area contributed by atoms with Gasteiger partial charge >= 0.3 is 0 Å². The maximum absolute atomic E-state index is 13.2.